The van der Waals surface area contributed by atoms with Crippen LogP contribution in [0.4, 0.5) is 5.69 Å². The van der Waals surface area contributed by atoms with Gasteiger partial charge in [0.2, 0.25) is 10.0 Å². The number of hydrogen-bond donors (Lipinski definition) is 2. The smallest absolute Gasteiger partial charge is 0.255 e. The van der Waals surface area contributed by atoms with E-state index in [0.29, 0.717) is 17.2 Å². The molecule has 0 bridgehead atoms. The molecule has 0 aromatic heterocycles. The van der Waals surface area contributed by atoms with Crippen LogP contribution in [0.3, 0.4) is 0 Å². The predicted octanol–water partition coefficient (Wildman–Crippen LogP) is 3.25. The largest absolute Gasteiger partial charge is 0.322 e. The lowest BCUT2D eigenvalue weighted by atomic mass is 10.0. The van der Waals surface area contributed by atoms with E-state index in [4.69, 9.17) is 5.26 Å². The number of anilines is 1. The first kappa shape index (κ1) is 19.6. The zero-order valence-electron chi connectivity index (χ0n) is 14.7. The molecule has 0 saturated heterocycles. The number of nitrogens with zero attached hydrogens (tertiary/aromatic N) is 1. The second kappa shape index (κ2) is 8.61. The highest BCUT2D eigenvalue weighted by Gasteiger charge is 2.14. The van der Waals surface area contributed by atoms with Crippen molar-refractivity contribution in [3.63, 3.8) is 0 Å². The van der Waals surface area contributed by atoms with Gasteiger partial charge in [-0.25, -0.2) is 13.1 Å². The Balaban J connectivity index is 2.05. The summed E-state index contributed by atoms with van der Waals surface area (Å²) in [4.78, 5) is 12.3. The van der Waals surface area contributed by atoms with Crippen LogP contribution in [0.1, 0.15) is 42.1 Å². The van der Waals surface area contributed by atoms with Crippen molar-refractivity contribution >= 4 is 21.6 Å². The number of carbonyl (C=O) groups is 1. The highest BCUT2D eigenvalue weighted by Crippen LogP contribution is 2.18. The molecule has 2 aromatic rings. The first-order valence-corrected chi connectivity index (χ1v) is 9.70. The Morgan fingerprint density at radius 3 is 2.23 bits per heavy atom. The van der Waals surface area contributed by atoms with Gasteiger partial charge in [-0.2, -0.15) is 5.26 Å². The van der Waals surface area contributed by atoms with E-state index >= 15 is 0 Å². The van der Waals surface area contributed by atoms with Crippen LogP contribution in [0.15, 0.2) is 53.4 Å². The van der Waals surface area contributed by atoms with Gasteiger partial charge < -0.3 is 5.32 Å². The maximum atomic E-state index is 12.3. The number of amides is 1. The summed E-state index contributed by atoms with van der Waals surface area (Å²) in [5.74, 6) is 0.0969. The molecule has 0 unspecified atom stereocenters. The molecule has 0 spiro atoms. The summed E-state index contributed by atoms with van der Waals surface area (Å²) in [7, 11) is -3.68. The van der Waals surface area contributed by atoms with Gasteiger partial charge in [-0.15, -0.1) is 0 Å². The third-order valence-corrected chi connectivity index (χ3v) is 5.27. The standard InChI is InChI=1S/C19H21N3O3S/c1-14(2)15-4-8-17(9-5-15)22-19(23)16-6-10-18(11-7-16)26(24,25)21-13-3-12-20/h4-11,14,21H,3,13H2,1-2H3,(H,22,23). The Labute approximate surface area is 153 Å². The first-order valence-electron chi connectivity index (χ1n) is 8.21. The maximum Gasteiger partial charge on any atom is 0.255 e. The van der Waals surface area contributed by atoms with Gasteiger partial charge in [0.15, 0.2) is 0 Å². The Hall–Kier alpha value is -2.69. The molecule has 1 amide bonds. The van der Waals surface area contributed by atoms with Crippen molar-refractivity contribution in [3.05, 3.63) is 59.7 Å². The van der Waals surface area contributed by atoms with Gasteiger partial charge in [0.25, 0.3) is 5.91 Å². The van der Waals surface area contributed by atoms with Gasteiger partial charge in [-0.3, -0.25) is 4.79 Å². The van der Waals surface area contributed by atoms with Crippen LogP contribution in [0.25, 0.3) is 0 Å². The summed E-state index contributed by atoms with van der Waals surface area (Å²) in [5, 5.41) is 11.2. The number of benzene rings is 2. The molecule has 2 aromatic carbocycles. The summed E-state index contributed by atoms with van der Waals surface area (Å²) in [6, 6.07) is 15.1. The quantitative estimate of drug-likeness (QED) is 0.730. The van der Waals surface area contributed by atoms with Crippen molar-refractivity contribution in [3.8, 4) is 6.07 Å². The van der Waals surface area contributed by atoms with E-state index in [2.05, 4.69) is 23.9 Å². The molecular weight excluding hydrogens is 350 g/mol. The molecule has 0 aliphatic carbocycles. The van der Waals surface area contributed by atoms with Crippen LogP contribution in [-0.2, 0) is 10.0 Å². The Morgan fingerprint density at radius 2 is 1.69 bits per heavy atom. The molecule has 136 valence electrons. The second-order valence-corrected chi connectivity index (χ2v) is 7.83. The van der Waals surface area contributed by atoms with E-state index in [1.54, 1.807) is 0 Å². The average molecular weight is 371 g/mol. The van der Waals surface area contributed by atoms with Crippen LogP contribution < -0.4 is 10.0 Å². The summed E-state index contributed by atoms with van der Waals surface area (Å²) in [6.07, 6.45) is 0.0926. The SMILES string of the molecule is CC(C)c1ccc(NC(=O)c2ccc(S(=O)(=O)NCCC#N)cc2)cc1. The molecule has 6 nitrogen and oxygen atoms in total. The third-order valence-electron chi connectivity index (χ3n) is 3.79. The van der Waals surface area contributed by atoms with E-state index in [1.165, 1.54) is 29.8 Å². The molecule has 26 heavy (non-hydrogen) atoms. The van der Waals surface area contributed by atoms with Gasteiger partial charge in [0.1, 0.15) is 0 Å². The second-order valence-electron chi connectivity index (χ2n) is 6.06. The molecule has 0 aliphatic heterocycles. The number of nitrogens with one attached hydrogen (secondary N) is 2. The van der Waals surface area contributed by atoms with Gasteiger partial charge in [-0.1, -0.05) is 26.0 Å². The molecule has 0 atom stereocenters. The minimum atomic E-state index is -3.68. The highest BCUT2D eigenvalue weighted by atomic mass is 32.2. The summed E-state index contributed by atoms with van der Waals surface area (Å²) in [6.45, 7) is 4.24. The minimum Gasteiger partial charge on any atom is -0.322 e. The van der Waals surface area contributed by atoms with Gasteiger partial charge in [0.05, 0.1) is 11.0 Å². The van der Waals surface area contributed by atoms with Crippen molar-refractivity contribution in [2.24, 2.45) is 0 Å². The fourth-order valence-corrected chi connectivity index (χ4v) is 3.30. The summed E-state index contributed by atoms with van der Waals surface area (Å²) >= 11 is 0. The van der Waals surface area contributed by atoms with Crippen LogP contribution in [-0.4, -0.2) is 20.9 Å². The van der Waals surface area contributed by atoms with Gasteiger partial charge >= 0.3 is 0 Å². The van der Waals surface area contributed by atoms with Gasteiger partial charge in [0, 0.05) is 24.2 Å². The topological polar surface area (TPSA) is 99.1 Å². The summed E-state index contributed by atoms with van der Waals surface area (Å²) in [5.41, 5.74) is 2.21. The van der Waals surface area contributed by atoms with Crippen molar-refractivity contribution in [2.45, 2.75) is 31.1 Å². The van der Waals surface area contributed by atoms with Crippen molar-refractivity contribution in [1.82, 2.24) is 4.72 Å². The molecule has 2 N–H and O–H groups in total. The molecule has 0 aliphatic rings. The lowest BCUT2D eigenvalue weighted by Crippen LogP contribution is -2.24. The van der Waals surface area contributed by atoms with Crippen LogP contribution in [0.2, 0.25) is 0 Å². The lowest BCUT2D eigenvalue weighted by Gasteiger charge is -2.09. The molecular formula is C19H21N3O3S. The molecule has 2 rings (SSSR count). The number of sulfonamides is 1. The van der Waals surface area contributed by atoms with Gasteiger partial charge in [-0.05, 0) is 47.9 Å². The van der Waals surface area contributed by atoms with Crippen molar-refractivity contribution in [1.29, 1.82) is 5.26 Å². The lowest BCUT2D eigenvalue weighted by molar-refractivity contribution is 0.102. The summed E-state index contributed by atoms with van der Waals surface area (Å²) < 4.78 is 26.4. The zero-order chi connectivity index (χ0) is 19.2. The third kappa shape index (κ3) is 5.15. The molecule has 7 heteroatoms. The number of hydrogen-bond acceptors (Lipinski definition) is 4. The van der Waals surface area contributed by atoms with E-state index < -0.39 is 10.0 Å². The number of rotatable bonds is 7. The van der Waals surface area contributed by atoms with E-state index in [0.717, 1.165) is 0 Å². The molecule has 0 fully saturated rings. The zero-order valence-corrected chi connectivity index (χ0v) is 15.5. The monoisotopic (exact) mass is 371 g/mol. The maximum absolute atomic E-state index is 12.3. The fraction of sp³-hybridized carbons (Fsp3) is 0.263. The average Bonchev–Trinajstić information content (AvgIpc) is 2.62. The minimum absolute atomic E-state index is 0.0491. The number of carbonyl (C=O) groups excluding carboxylic acids is 1. The van der Waals surface area contributed by atoms with Crippen molar-refractivity contribution in [2.75, 3.05) is 11.9 Å². The molecule has 0 heterocycles. The molecule has 0 radical (unpaired) electrons. The van der Waals surface area contributed by atoms with E-state index in [-0.39, 0.29) is 23.8 Å². The van der Waals surface area contributed by atoms with E-state index in [1.807, 2.05) is 30.3 Å². The normalized spacial score (nSPS) is 11.2. The predicted molar refractivity (Wildman–Crippen MR) is 100 cm³/mol. The van der Waals surface area contributed by atoms with Crippen LogP contribution >= 0.6 is 0 Å². The number of nitriles is 1. The first-order chi connectivity index (χ1) is 12.3. The Kier molecular flexibility index (Phi) is 6.50. The van der Waals surface area contributed by atoms with Crippen LogP contribution in [0, 0.1) is 11.3 Å². The fourth-order valence-electron chi connectivity index (χ4n) is 2.26. The van der Waals surface area contributed by atoms with E-state index in [9.17, 15) is 13.2 Å². The highest BCUT2D eigenvalue weighted by molar-refractivity contribution is 7.89. The Morgan fingerprint density at radius 1 is 1.08 bits per heavy atom. The van der Waals surface area contributed by atoms with Crippen LogP contribution in [0.5, 0.6) is 0 Å². The Bertz CT molecular complexity index is 897. The molecule has 0 saturated carbocycles. The van der Waals surface area contributed by atoms with Crippen molar-refractivity contribution < 1.29 is 13.2 Å².